The second kappa shape index (κ2) is 9.52. The van der Waals surface area contributed by atoms with Gasteiger partial charge in [-0.25, -0.2) is 0 Å². The fourth-order valence-electron chi connectivity index (χ4n) is 2.54. The van der Waals surface area contributed by atoms with Crippen LogP contribution in [0.2, 0.25) is 5.02 Å². The lowest BCUT2D eigenvalue weighted by atomic mass is 10.0. The Morgan fingerprint density at radius 3 is 1.65 bits per heavy atom. The fourth-order valence-corrected chi connectivity index (χ4v) is 4.16. The Hall–Kier alpha value is -1.48. The first-order valence-electron chi connectivity index (χ1n) is 8.02. The highest BCUT2D eigenvalue weighted by Gasteiger charge is 2.47. The van der Waals surface area contributed by atoms with Crippen molar-refractivity contribution in [3.8, 4) is 0 Å². The van der Waals surface area contributed by atoms with E-state index in [-0.39, 0.29) is 34.5 Å². The predicted octanol–water partition coefficient (Wildman–Crippen LogP) is 9.42. The van der Waals surface area contributed by atoms with Gasteiger partial charge in [0.15, 0.2) is 0 Å². The number of anilines is 2. The molecule has 34 heavy (non-hydrogen) atoms. The number of non-ortho nitro benzene ring substituents is 1. The zero-order valence-electron chi connectivity index (χ0n) is 15.4. The van der Waals surface area contributed by atoms with Crippen molar-refractivity contribution < 1.29 is 44.4 Å². The smallest absolute Gasteiger partial charge is 0.278 e. The van der Waals surface area contributed by atoms with Crippen molar-refractivity contribution in [3.63, 3.8) is 0 Å². The van der Waals surface area contributed by atoms with Crippen LogP contribution in [-0.2, 0) is 18.5 Å². The maximum absolute atomic E-state index is 13.8. The van der Waals surface area contributed by atoms with Crippen molar-refractivity contribution in [1.29, 1.82) is 0 Å². The molecule has 0 unspecified atom stereocenters. The number of nitro benzene ring substituents is 1. The summed E-state index contributed by atoms with van der Waals surface area (Å²) in [4.78, 5) is 9.48. The van der Waals surface area contributed by atoms with Gasteiger partial charge < -0.3 is 0 Å². The van der Waals surface area contributed by atoms with Crippen LogP contribution in [0.1, 0.15) is 16.7 Å². The van der Waals surface area contributed by atoms with E-state index in [0.29, 0.717) is 12.1 Å². The average molecular weight is 602 g/mol. The molecule has 0 atom stereocenters. The first-order valence-corrected chi connectivity index (χ1v) is 10.3. The third-order valence-electron chi connectivity index (χ3n) is 3.81. The van der Waals surface area contributed by atoms with Crippen LogP contribution in [-0.4, -0.2) is 8.05 Å². The van der Waals surface area contributed by atoms with Crippen LogP contribution in [0.25, 0.3) is 0 Å². The van der Waals surface area contributed by atoms with E-state index in [1.54, 1.807) is 0 Å². The molecule has 0 aliphatic rings. The van der Waals surface area contributed by atoms with Gasteiger partial charge in [-0.05, 0) is 18.2 Å². The molecule has 18 heteroatoms. The summed E-state index contributed by atoms with van der Waals surface area (Å²) in [6, 6.07) is 0.621. The maximum atomic E-state index is 13.8. The standard InChI is InChI=1S/C16H5Cl4F9N2O2S/c17-10-2-1-6(13(21,22)23)3-11(10)30(34-16(18,19)20)12-8(14(24,25)26)4-7(31(32)33)5-9(12)15(27,28)29/h1-5H. The number of rotatable bonds is 4. The molecule has 188 valence electrons. The molecule has 0 N–H and O–H groups in total. The van der Waals surface area contributed by atoms with Gasteiger partial charge in [-0.15, -0.1) is 0 Å². The number of nitro groups is 1. The normalized spacial score (nSPS) is 13.2. The van der Waals surface area contributed by atoms with E-state index in [2.05, 4.69) is 0 Å². The van der Waals surface area contributed by atoms with Crippen LogP contribution in [0.15, 0.2) is 30.3 Å². The third kappa shape index (κ3) is 6.80. The number of alkyl halides is 12. The van der Waals surface area contributed by atoms with Crippen LogP contribution in [0.4, 0.5) is 56.6 Å². The summed E-state index contributed by atoms with van der Waals surface area (Å²) in [5, 5.41) is 10.2. The molecule has 0 spiro atoms. The van der Waals surface area contributed by atoms with Gasteiger partial charge in [0.05, 0.1) is 38.0 Å². The predicted molar refractivity (Wildman–Crippen MR) is 110 cm³/mol. The number of hydrogen-bond acceptors (Lipinski definition) is 4. The van der Waals surface area contributed by atoms with Crippen LogP contribution in [0.3, 0.4) is 0 Å². The average Bonchev–Trinajstić information content (AvgIpc) is 2.62. The van der Waals surface area contributed by atoms with Gasteiger partial charge in [0.25, 0.3) is 8.81 Å². The van der Waals surface area contributed by atoms with E-state index in [1.165, 1.54) is 0 Å². The topological polar surface area (TPSA) is 46.4 Å². The maximum Gasteiger partial charge on any atom is 0.418 e. The molecule has 2 aromatic rings. The molecule has 0 amide bonds. The van der Waals surface area contributed by atoms with Gasteiger partial charge in [-0.3, -0.25) is 14.4 Å². The second-order valence-electron chi connectivity index (χ2n) is 6.14. The van der Waals surface area contributed by atoms with Crippen molar-refractivity contribution >= 4 is 75.4 Å². The second-order valence-corrected chi connectivity index (χ2v) is 10.7. The highest BCUT2D eigenvalue weighted by atomic mass is 35.6. The summed E-state index contributed by atoms with van der Waals surface area (Å²) >= 11 is 22.1. The lowest BCUT2D eigenvalue weighted by molar-refractivity contribution is -0.385. The van der Waals surface area contributed by atoms with Gasteiger partial charge in [0.2, 0.25) is 0 Å². The Morgan fingerprint density at radius 2 is 1.29 bits per heavy atom. The van der Waals surface area contributed by atoms with E-state index >= 15 is 0 Å². The highest BCUT2D eigenvalue weighted by Crippen LogP contribution is 2.55. The monoisotopic (exact) mass is 600 g/mol. The summed E-state index contributed by atoms with van der Waals surface area (Å²) in [6.07, 6.45) is -16.4. The molecule has 0 heterocycles. The van der Waals surface area contributed by atoms with Crippen molar-refractivity contribution in [2.45, 2.75) is 21.7 Å². The molecular formula is C16H5Cl4F9N2O2S. The Kier molecular flexibility index (Phi) is 8.06. The lowest BCUT2D eigenvalue weighted by Crippen LogP contribution is -2.24. The molecule has 0 saturated heterocycles. The summed E-state index contributed by atoms with van der Waals surface area (Å²) in [7, 11) is 0. The molecule has 2 aromatic carbocycles. The summed E-state index contributed by atoms with van der Waals surface area (Å²) in [5.74, 6) is 0. The van der Waals surface area contributed by atoms with Crippen molar-refractivity contribution in [3.05, 3.63) is 62.2 Å². The summed E-state index contributed by atoms with van der Waals surface area (Å²) in [6.45, 7) is 0. The van der Waals surface area contributed by atoms with E-state index < -0.39 is 65.4 Å². The zero-order valence-corrected chi connectivity index (χ0v) is 19.3. The first kappa shape index (κ1) is 28.8. The van der Waals surface area contributed by atoms with Crippen molar-refractivity contribution in [2.24, 2.45) is 0 Å². The number of nitrogens with zero attached hydrogens (tertiary/aromatic N) is 2. The molecule has 4 nitrogen and oxygen atoms in total. The molecule has 0 saturated carbocycles. The van der Waals surface area contributed by atoms with Crippen molar-refractivity contribution in [1.82, 2.24) is 0 Å². The minimum Gasteiger partial charge on any atom is -0.278 e. The molecule has 0 bridgehead atoms. The van der Waals surface area contributed by atoms with Crippen LogP contribution in [0.5, 0.6) is 0 Å². The Morgan fingerprint density at radius 1 is 0.824 bits per heavy atom. The van der Waals surface area contributed by atoms with Crippen LogP contribution in [0, 0.1) is 10.1 Å². The van der Waals surface area contributed by atoms with E-state index in [1.807, 2.05) is 0 Å². The number of hydrogen-bond donors (Lipinski definition) is 0. The van der Waals surface area contributed by atoms with Gasteiger partial charge in [-0.1, -0.05) is 46.4 Å². The quantitative estimate of drug-likeness (QED) is 0.115. The Labute approximate surface area is 207 Å². The molecule has 2 rings (SSSR count). The first-order chi connectivity index (χ1) is 15.1. The van der Waals surface area contributed by atoms with Crippen LogP contribution < -0.4 is 4.31 Å². The number of benzene rings is 2. The molecular weight excluding hydrogens is 597 g/mol. The van der Waals surface area contributed by atoms with E-state index in [4.69, 9.17) is 46.4 Å². The summed E-state index contributed by atoms with van der Waals surface area (Å²) < 4.78 is 120. The number of halogens is 13. The molecule has 0 radical (unpaired) electrons. The lowest BCUT2D eigenvalue weighted by Gasteiger charge is -2.32. The minimum absolute atomic E-state index is 0.111. The molecule has 0 aliphatic heterocycles. The zero-order chi connectivity index (χ0) is 26.4. The largest absolute Gasteiger partial charge is 0.418 e. The molecule has 0 aliphatic carbocycles. The van der Waals surface area contributed by atoms with Crippen LogP contribution >= 0.6 is 58.4 Å². The van der Waals surface area contributed by atoms with E-state index in [9.17, 15) is 49.6 Å². The molecule has 0 aromatic heterocycles. The third-order valence-corrected chi connectivity index (χ3v) is 5.52. The fraction of sp³-hybridized carbons (Fsp3) is 0.250. The minimum atomic E-state index is -5.68. The van der Waals surface area contributed by atoms with Gasteiger partial charge in [0.1, 0.15) is 0 Å². The Bertz CT molecular complexity index is 1070. The highest BCUT2D eigenvalue weighted by molar-refractivity contribution is 8.06. The van der Waals surface area contributed by atoms with E-state index in [0.717, 1.165) is 0 Å². The Balaban J connectivity index is 3.08. The van der Waals surface area contributed by atoms with Gasteiger partial charge >= 0.3 is 18.5 Å². The SMILES string of the molecule is O=[N+]([O-])c1cc(C(F)(F)F)c(N(SC(Cl)(Cl)Cl)c2cc(C(F)(F)F)ccc2Cl)c(C(F)(F)F)c1. The van der Waals surface area contributed by atoms with Gasteiger partial charge in [0, 0.05) is 24.1 Å². The van der Waals surface area contributed by atoms with Gasteiger partial charge in [-0.2, -0.15) is 39.5 Å². The molecule has 0 fully saturated rings. The van der Waals surface area contributed by atoms with Crippen molar-refractivity contribution in [2.75, 3.05) is 4.31 Å². The summed E-state index contributed by atoms with van der Waals surface area (Å²) in [5.41, 5.74) is -10.6.